The number of nitrogens with zero attached hydrogens (tertiary/aromatic N) is 2. The summed E-state index contributed by atoms with van der Waals surface area (Å²) in [7, 11) is -2.73. The maximum absolute atomic E-state index is 14.0. The number of nitrogens with two attached hydrogens (primary N) is 1. The second-order valence-electron chi connectivity index (χ2n) is 5.06. The van der Waals surface area contributed by atoms with Crippen molar-refractivity contribution in [2.45, 2.75) is 36.6 Å². The van der Waals surface area contributed by atoms with Crippen LogP contribution in [-0.2, 0) is 10.0 Å². The Kier molecular flexibility index (Phi) is 4.15. The summed E-state index contributed by atoms with van der Waals surface area (Å²) in [6, 6.07) is 1.24. The van der Waals surface area contributed by atoms with Crippen LogP contribution in [0.5, 0.6) is 0 Å². The molecule has 0 atom stereocenters. The highest BCUT2D eigenvalue weighted by atomic mass is 32.2. The highest BCUT2D eigenvalue weighted by Gasteiger charge is 2.34. The first-order chi connectivity index (χ1) is 9.75. The Morgan fingerprint density at radius 2 is 1.95 bits per heavy atom. The number of nitro benzene ring substituents is 1. The van der Waals surface area contributed by atoms with Gasteiger partial charge < -0.3 is 5.73 Å². The maximum atomic E-state index is 14.0. The van der Waals surface area contributed by atoms with Crippen molar-refractivity contribution in [1.29, 1.82) is 0 Å². The molecule has 1 fully saturated rings. The standard InChI is InChI=1S/C12H16FN3O4S/c1-15(8-4-2-3-5-8)21(19,20)12-10(13)6-9(16(17)18)7-11(12)14/h6-8H,2-5,14H2,1H3. The van der Waals surface area contributed by atoms with Crippen LogP contribution in [-0.4, -0.2) is 30.7 Å². The van der Waals surface area contributed by atoms with Crippen molar-refractivity contribution in [3.05, 3.63) is 28.1 Å². The summed E-state index contributed by atoms with van der Waals surface area (Å²) < 4.78 is 40.1. The predicted molar refractivity (Wildman–Crippen MR) is 74.7 cm³/mol. The highest BCUT2D eigenvalue weighted by molar-refractivity contribution is 7.89. The van der Waals surface area contributed by atoms with E-state index in [2.05, 4.69) is 0 Å². The topological polar surface area (TPSA) is 107 Å². The van der Waals surface area contributed by atoms with E-state index in [1.54, 1.807) is 0 Å². The van der Waals surface area contributed by atoms with Gasteiger partial charge in [-0.2, -0.15) is 4.31 Å². The zero-order valence-electron chi connectivity index (χ0n) is 11.5. The molecule has 0 aliphatic heterocycles. The fourth-order valence-corrected chi connectivity index (χ4v) is 4.14. The van der Waals surface area contributed by atoms with E-state index in [0.29, 0.717) is 18.9 Å². The van der Waals surface area contributed by atoms with E-state index in [0.717, 1.165) is 23.2 Å². The molecule has 1 aromatic carbocycles. The van der Waals surface area contributed by atoms with Crippen molar-refractivity contribution in [2.75, 3.05) is 12.8 Å². The number of hydrogen-bond acceptors (Lipinski definition) is 5. The fraction of sp³-hybridized carbons (Fsp3) is 0.500. The number of nitrogen functional groups attached to an aromatic ring is 1. The lowest BCUT2D eigenvalue weighted by Crippen LogP contribution is -2.36. The van der Waals surface area contributed by atoms with Crippen molar-refractivity contribution < 1.29 is 17.7 Å². The van der Waals surface area contributed by atoms with Gasteiger partial charge in [0.05, 0.1) is 16.7 Å². The molecule has 0 heterocycles. The van der Waals surface area contributed by atoms with Crippen molar-refractivity contribution >= 4 is 21.4 Å². The van der Waals surface area contributed by atoms with Gasteiger partial charge >= 0.3 is 0 Å². The van der Waals surface area contributed by atoms with Crippen LogP contribution < -0.4 is 5.73 Å². The molecule has 0 spiro atoms. The van der Waals surface area contributed by atoms with E-state index in [1.807, 2.05) is 0 Å². The highest BCUT2D eigenvalue weighted by Crippen LogP contribution is 2.33. The monoisotopic (exact) mass is 317 g/mol. The summed E-state index contributed by atoms with van der Waals surface area (Å²) in [6.07, 6.45) is 3.26. The summed E-state index contributed by atoms with van der Waals surface area (Å²) in [6.45, 7) is 0. The lowest BCUT2D eigenvalue weighted by atomic mass is 10.3. The quantitative estimate of drug-likeness (QED) is 0.518. The first-order valence-corrected chi connectivity index (χ1v) is 7.90. The average Bonchev–Trinajstić information content (AvgIpc) is 2.90. The Balaban J connectivity index is 2.47. The van der Waals surface area contributed by atoms with Crippen LogP contribution in [0.25, 0.3) is 0 Å². The summed E-state index contributed by atoms with van der Waals surface area (Å²) >= 11 is 0. The van der Waals surface area contributed by atoms with Crippen LogP contribution in [0.15, 0.2) is 17.0 Å². The second kappa shape index (κ2) is 5.57. The van der Waals surface area contributed by atoms with Crippen molar-refractivity contribution in [3.8, 4) is 0 Å². The molecule has 0 unspecified atom stereocenters. The first kappa shape index (κ1) is 15.6. The van der Waals surface area contributed by atoms with Gasteiger partial charge in [-0.25, -0.2) is 12.8 Å². The third kappa shape index (κ3) is 2.84. The lowest BCUT2D eigenvalue weighted by molar-refractivity contribution is -0.385. The van der Waals surface area contributed by atoms with Gasteiger partial charge in [0.25, 0.3) is 5.69 Å². The molecule has 1 saturated carbocycles. The first-order valence-electron chi connectivity index (χ1n) is 6.46. The molecular formula is C12H16FN3O4S. The average molecular weight is 317 g/mol. The van der Waals surface area contributed by atoms with E-state index < -0.39 is 37.0 Å². The summed E-state index contributed by atoms with van der Waals surface area (Å²) in [4.78, 5) is 9.12. The second-order valence-corrected chi connectivity index (χ2v) is 7.00. The minimum Gasteiger partial charge on any atom is -0.397 e. The molecular weight excluding hydrogens is 301 g/mol. The number of non-ortho nitro benzene ring substituents is 1. The van der Waals surface area contributed by atoms with Gasteiger partial charge in [0.2, 0.25) is 10.0 Å². The van der Waals surface area contributed by atoms with Gasteiger partial charge in [0.1, 0.15) is 4.90 Å². The molecule has 0 aromatic heterocycles. The molecule has 0 radical (unpaired) electrons. The molecule has 0 bridgehead atoms. The largest absolute Gasteiger partial charge is 0.397 e. The van der Waals surface area contributed by atoms with Crippen LogP contribution in [0.3, 0.4) is 0 Å². The number of hydrogen-bond donors (Lipinski definition) is 1. The molecule has 0 amide bonds. The number of nitro groups is 1. The van der Waals surface area contributed by atoms with Crippen molar-refractivity contribution in [2.24, 2.45) is 0 Å². The number of benzene rings is 1. The molecule has 2 N–H and O–H groups in total. The number of anilines is 1. The summed E-state index contributed by atoms with van der Waals surface area (Å²) in [5.41, 5.74) is 4.50. The molecule has 1 aliphatic rings. The van der Waals surface area contributed by atoms with Gasteiger partial charge in [-0.05, 0) is 12.8 Å². The molecule has 21 heavy (non-hydrogen) atoms. The Bertz CT molecular complexity index is 648. The van der Waals surface area contributed by atoms with Crippen LogP contribution in [0.1, 0.15) is 25.7 Å². The van der Waals surface area contributed by atoms with E-state index in [4.69, 9.17) is 5.73 Å². The van der Waals surface area contributed by atoms with Gasteiger partial charge in [-0.1, -0.05) is 12.8 Å². The fourth-order valence-electron chi connectivity index (χ4n) is 2.59. The minimum atomic E-state index is -4.12. The Morgan fingerprint density at radius 3 is 2.43 bits per heavy atom. The maximum Gasteiger partial charge on any atom is 0.274 e. The Morgan fingerprint density at radius 1 is 1.38 bits per heavy atom. The normalized spacial score (nSPS) is 16.5. The van der Waals surface area contributed by atoms with Gasteiger partial charge in [0, 0.05) is 19.2 Å². The summed E-state index contributed by atoms with van der Waals surface area (Å²) in [5, 5.41) is 10.6. The number of rotatable bonds is 4. The molecule has 1 aromatic rings. The molecule has 0 saturated heterocycles. The SMILES string of the molecule is CN(C1CCCC1)S(=O)(=O)c1c(N)cc([N+](=O)[O-])cc1F. The lowest BCUT2D eigenvalue weighted by Gasteiger charge is -2.24. The van der Waals surface area contributed by atoms with E-state index in [-0.39, 0.29) is 6.04 Å². The predicted octanol–water partition coefficient (Wildman–Crippen LogP) is 1.88. The zero-order valence-corrected chi connectivity index (χ0v) is 12.3. The smallest absolute Gasteiger partial charge is 0.274 e. The van der Waals surface area contributed by atoms with Gasteiger partial charge in [0.15, 0.2) is 5.82 Å². The molecule has 2 rings (SSSR count). The van der Waals surface area contributed by atoms with Gasteiger partial charge in [-0.15, -0.1) is 0 Å². The minimum absolute atomic E-state index is 0.191. The zero-order chi connectivity index (χ0) is 15.8. The van der Waals surface area contributed by atoms with Crippen LogP contribution in [0, 0.1) is 15.9 Å². The van der Waals surface area contributed by atoms with E-state index in [1.165, 1.54) is 7.05 Å². The summed E-state index contributed by atoms with van der Waals surface area (Å²) in [5.74, 6) is -1.20. The van der Waals surface area contributed by atoms with Crippen molar-refractivity contribution in [1.82, 2.24) is 4.31 Å². The molecule has 116 valence electrons. The Hall–Kier alpha value is -1.74. The van der Waals surface area contributed by atoms with E-state index in [9.17, 15) is 22.9 Å². The third-order valence-corrected chi connectivity index (χ3v) is 5.75. The molecule has 1 aliphatic carbocycles. The van der Waals surface area contributed by atoms with Gasteiger partial charge in [-0.3, -0.25) is 10.1 Å². The molecule has 9 heteroatoms. The number of halogens is 1. The Labute approximate surface area is 121 Å². The van der Waals surface area contributed by atoms with Crippen LogP contribution >= 0.6 is 0 Å². The number of sulfonamides is 1. The van der Waals surface area contributed by atoms with Crippen molar-refractivity contribution in [3.63, 3.8) is 0 Å². The van der Waals surface area contributed by atoms with E-state index >= 15 is 0 Å². The molecule has 7 nitrogen and oxygen atoms in total. The van der Waals surface area contributed by atoms with Crippen LogP contribution in [0.2, 0.25) is 0 Å². The third-order valence-electron chi connectivity index (χ3n) is 3.74. The van der Waals surface area contributed by atoms with Crippen LogP contribution in [0.4, 0.5) is 15.8 Å².